The average molecular weight is 581 g/mol. The summed E-state index contributed by atoms with van der Waals surface area (Å²) in [5.74, 6) is -3.71. The first-order chi connectivity index (χ1) is 18.6. The zero-order chi connectivity index (χ0) is 29.5. The summed E-state index contributed by atoms with van der Waals surface area (Å²) in [4.78, 5) is 30.0. The number of amides is 2. The molecule has 1 aliphatic carbocycles. The first kappa shape index (κ1) is 29.6. The van der Waals surface area contributed by atoms with E-state index in [1.165, 1.54) is 13.2 Å². The SMILES string of the molecule is COc1cc(-c2cc(C(=O)N3CC[C@@H](C(=O)N[C@H]4CC[C@@](O)(C(F)(F)F)CC4)C[C@@H]3C(F)(F)F)n[nH]2)c(F)cn1. The van der Waals surface area contributed by atoms with Crippen LogP contribution in [0, 0.1) is 11.7 Å². The normalized spacial score (nSPS) is 25.9. The molecule has 1 saturated heterocycles. The summed E-state index contributed by atoms with van der Waals surface area (Å²) >= 11 is 0. The lowest BCUT2D eigenvalue weighted by molar-refractivity contribution is -0.270. The van der Waals surface area contributed by atoms with Gasteiger partial charge in [-0.3, -0.25) is 14.7 Å². The van der Waals surface area contributed by atoms with E-state index in [1.54, 1.807) is 0 Å². The Morgan fingerprint density at radius 3 is 2.42 bits per heavy atom. The van der Waals surface area contributed by atoms with Crippen LogP contribution < -0.4 is 10.1 Å². The summed E-state index contributed by atoms with van der Waals surface area (Å²) in [5, 5.41) is 18.5. The van der Waals surface area contributed by atoms with Gasteiger partial charge in [-0.25, -0.2) is 9.37 Å². The molecule has 40 heavy (non-hydrogen) atoms. The smallest absolute Gasteiger partial charge is 0.417 e. The average Bonchev–Trinajstić information content (AvgIpc) is 3.38. The Labute approximate surface area is 223 Å². The van der Waals surface area contributed by atoms with Gasteiger partial charge in [-0.2, -0.15) is 31.4 Å². The van der Waals surface area contributed by atoms with Crippen LogP contribution in [0.5, 0.6) is 5.88 Å². The molecule has 2 fully saturated rings. The Kier molecular flexibility index (Phi) is 8.02. The number of methoxy groups -OCH3 is 1. The maximum Gasteiger partial charge on any atom is 0.417 e. The predicted molar refractivity (Wildman–Crippen MR) is 123 cm³/mol. The Bertz CT molecular complexity index is 1240. The third kappa shape index (κ3) is 6.00. The van der Waals surface area contributed by atoms with Crippen LogP contribution in [0.15, 0.2) is 18.3 Å². The van der Waals surface area contributed by atoms with Crippen molar-refractivity contribution in [1.82, 2.24) is 25.4 Å². The first-order valence-electron chi connectivity index (χ1n) is 12.4. The van der Waals surface area contributed by atoms with Gasteiger partial charge in [-0.15, -0.1) is 0 Å². The van der Waals surface area contributed by atoms with Gasteiger partial charge >= 0.3 is 12.4 Å². The van der Waals surface area contributed by atoms with Gasteiger partial charge in [-0.05, 0) is 44.6 Å². The van der Waals surface area contributed by atoms with Gasteiger partial charge in [0.15, 0.2) is 17.1 Å². The molecule has 2 atom stereocenters. The molecule has 0 aromatic carbocycles. The van der Waals surface area contributed by atoms with E-state index in [9.17, 15) is 45.4 Å². The Hall–Kier alpha value is -3.43. The predicted octanol–water partition coefficient (Wildman–Crippen LogP) is 3.75. The van der Waals surface area contributed by atoms with Crippen LogP contribution in [0.3, 0.4) is 0 Å². The van der Waals surface area contributed by atoms with E-state index in [4.69, 9.17) is 4.74 Å². The maximum absolute atomic E-state index is 14.2. The van der Waals surface area contributed by atoms with E-state index in [0.717, 1.165) is 12.3 Å². The number of aromatic amines is 1. The quantitative estimate of drug-likeness (QED) is 0.463. The van der Waals surface area contributed by atoms with Crippen LogP contribution in [0.1, 0.15) is 49.0 Å². The number of nitrogens with zero attached hydrogens (tertiary/aromatic N) is 3. The molecule has 2 aliphatic rings. The molecule has 220 valence electrons. The molecule has 1 saturated carbocycles. The third-order valence-corrected chi connectivity index (χ3v) is 7.43. The number of carbonyl (C=O) groups excluding carboxylic acids is 2. The van der Waals surface area contributed by atoms with Gasteiger partial charge in [0, 0.05) is 30.1 Å². The molecule has 2 amide bonds. The highest BCUT2D eigenvalue weighted by Gasteiger charge is 2.55. The van der Waals surface area contributed by atoms with Gasteiger partial charge in [0.2, 0.25) is 11.8 Å². The van der Waals surface area contributed by atoms with Crippen LogP contribution in [0.2, 0.25) is 0 Å². The maximum atomic E-state index is 14.2. The highest BCUT2D eigenvalue weighted by atomic mass is 19.4. The summed E-state index contributed by atoms with van der Waals surface area (Å²) in [6.45, 7) is -0.445. The fourth-order valence-corrected chi connectivity index (χ4v) is 5.05. The molecule has 9 nitrogen and oxygen atoms in total. The van der Waals surface area contributed by atoms with Crippen molar-refractivity contribution < 1.29 is 50.2 Å². The first-order valence-corrected chi connectivity index (χ1v) is 12.4. The molecule has 3 N–H and O–H groups in total. The zero-order valence-electron chi connectivity index (χ0n) is 21.1. The number of alkyl halides is 6. The highest BCUT2D eigenvalue weighted by Crippen LogP contribution is 2.42. The zero-order valence-corrected chi connectivity index (χ0v) is 21.1. The molecule has 16 heteroatoms. The summed E-state index contributed by atoms with van der Waals surface area (Å²) < 4.78 is 100. The number of halogens is 7. The molecule has 0 radical (unpaired) electrons. The lowest BCUT2D eigenvalue weighted by Gasteiger charge is -2.40. The molecular weight excluding hydrogens is 555 g/mol. The number of carbonyl (C=O) groups is 2. The minimum absolute atomic E-state index is 0.00396. The molecule has 0 spiro atoms. The minimum Gasteiger partial charge on any atom is -0.481 e. The second-order valence-corrected chi connectivity index (χ2v) is 9.96. The molecular formula is C24H26F7N5O4. The van der Waals surface area contributed by atoms with Crippen molar-refractivity contribution in [2.24, 2.45) is 5.92 Å². The van der Waals surface area contributed by atoms with E-state index in [1.807, 2.05) is 0 Å². The van der Waals surface area contributed by atoms with Crippen molar-refractivity contribution in [3.63, 3.8) is 0 Å². The number of hydrogen-bond acceptors (Lipinski definition) is 6. The molecule has 2 aromatic heterocycles. The number of pyridine rings is 1. The van der Waals surface area contributed by atoms with Crippen molar-refractivity contribution in [3.05, 3.63) is 29.8 Å². The lowest BCUT2D eigenvalue weighted by Crippen LogP contribution is -2.56. The number of H-pyrrole nitrogens is 1. The Balaban J connectivity index is 1.43. The van der Waals surface area contributed by atoms with Crippen molar-refractivity contribution in [1.29, 1.82) is 0 Å². The van der Waals surface area contributed by atoms with Gasteiger partial charge in [0.25, 0.3) is 5.91 Å². The second-order valence-electron chi connectivity index (χ2n) is 9.96. The fourth-order valence-electron chi connectivity index (χ4n) is 5.05. The van der Waals surface area contributed by atoms with E-state index in [0.29, 0.717) is 4.90 Å². The highest BCUT2D eigenvalue weighted by molar-refractivity contribution is 5.94. The number of hydrogen-bond donors (Lipinski definition) is 3. The molecule has 0 unspecified atom stereocenters. The number of likely N-dealkylation sites (tertiary alicyclic amines) is 1. The second kappa shape index (κ2) is 10.9. The van der Waals surface area contributed by atoms with Crippen molar-refractivity contribution >= 4 is 11.8 Å². The largest absolute Gasteiger partial charge is 0.481 e. The third-order valence-electron chi connectivity index (χ3n) is 7.43. The summed E-state index contributed by atoms with van der Waals surface area (Å²) in [5.41, 5.74) is -3.33. The van der Waals surface area contributed by atoms with Crippen molar-refractivity contribution in [3.8, 4) is 17.1 Å². The summed E-state index contributed by atoms with van der Waals surface area (Å²) in [7, 11) is 1.30. The van der Waals surface area contributed by atoms with Gasteiger partial charge in [-0.1, -0.05) is 0 Å². The van der Waals surface area contributed by atoms with Crippen LogP contribution in [-0.4, -0.2) is 80.7 Å². The van der Waals surface area contributed by atoms with Gasteiger partial charge in [0.05, 0.1) is 19.0 Å². The van der Waals surface area contributed by atoms with Crippen molar-refractivity contribution in [2.45, 2.75) is 68.6 Å². The standard InChI is InChI=1S/C24H26F7N5O4/c1-40-19-9-14(15(25)11-32-19)16-10-17(35-34-16)21(38)36-7-4-12(8-18(36)23(26,27)28)20(37)33-13-2-5-22(39,6-3-13)24(29,30)31/h9-13,18,39H,2-8H2,1H3,(H,33,37)(H,34,35)/t12-,13-,18-,22-/m1/s1. The van der Waals surface area contributed by atoms with Crippen molar-refractivity contribution in [2.75, 3.05) is 13.7 Å². The fraction of sp³-hybridized carbons (Fsp3) is 0.583. The number of ether oxygens (including phenoxy) is 1. The lowest BCUT2D eigenvalue weighted by atomic mass is 9.81. The number of aliphatic hydroxyl groups is 1. The van der Waals surface area contributed by atoms with Crippen LogP contribution in [-0.2, 0) is 4.79 Å². The number of aromatic nitrogens is 3. The Morgan fingerprint density at radius 2 is 1.82 bits per heavy atom. The van der Waals surface area contributed by atoms with Gasteiger partial charge in [0.1, 0.15) is 6.04 Å². The molecule has 4 rings (SSSR count). The number of piperidine rings is 1. The van der Waals surface area contributed by atoms with E-state index in [2.05, 4.69) is 20.5 Å². The van der Waals surface area contributed by atoms with Gasteiger partial charge < -0.3 is 20.1 Å². The molecule has 1 aliphatic heterocycles. The van der Waals surface area contributed by atoms with Crippen LogP contribution >= 0.6 is 0 Å². The summed E-state index contributed by atoms with van der Waals surface area (Å²) in [6, 6.07) is -0.745. The Morgan fingerprint density at radius 1 is 1.15 bits per heavy atom. The van der Waals surface area contributed by atoms with E-state index in [-0.39, 0.29) is 36.4 Å². The molecule has 3 heterocycles. The van der Waals surface area contributed by atoms with Crippen LogP contribution in [0.4, 0.5) is 30.7 Å². The molecule has 0 bridgehead atoms. The summed E-state index contributed by atoms with van der Waals surface area (Å²) in [6.07, 6.45) is -11.4. The monoisotopic (exact) mass is 581 g/mol. The van der Waals surface area contributed by atoms with E-state index < -0.39 is 85.1 Å². The minimum atomic E-state index is -4.90. The number of nitrogens with one attached hydrogen (secondary N) is 2. The topological polar surface area (TPSA) is 120 Å². The van der Waals surface area contributed by atoms with E-state index >= 15 is 0 Å². The molecule has 2 aromatic rings. The number of rotatable bonds is 5. The van der Waals surface area contributed by atoms with Crippen LogP contribution in [0.25, 0.3) is 11.3 Å².